The zero-order valence-electron chi connectivity index (χ0n) is 17.1. The Morgan fingerprint density at radius 1 is 1.18 bits per heavy atom. The number of hydrogen-bond donors (Lipinski definition) is 2. The van der Waals surface area contributed by atoms with Gasteiger partial charge in [-0.15, -0.1) is 0 Å². The third-order valence-electron chi connectivity index (χ3n) is 4.34. The van der Waals surface area contributed by atoms with Crippen LogP contribution in [0.5, 0.6) is 11.5 Å². The third-order valence-corrected chi connectivity index (χ3v) is 4.80. The number of halogens is 1. The number of benzene rings is 1. The molecule has 1 aromatic rings. The summed E-state index contributed by atoms with van der Waals surface area (Å²) in [4.78, 5) is 22.8. The molecule has 0 aliphatic carbocycles. The molecule has 0 amide bonds. The highest BCUT2D eigenvalue weighted by Gasteiger charge is 2.22. The summed E-state index contributed by atoms with van der Waals surface area (Å²) in [5.41, 5.74) is 1.23. The van der Waals surface area contributed by atoms with E-state index in [1.165, 1.54) is 0 Å². The molecule has 154 valence electrons. The van der Waals surface area contributed by atoms with Crippen LogP contribution in [0.1, 0.15) is 62.0 Å². The summed E-state index contributed by atoms with van der Waals surface area (Å²) in [5, 5.41) is 20.5. The average molecular weight is 409 g/mol. The summed E-state index contributed by atoms with van der Waals surface area (Å²) in [6.45, 7) is 9.18. The maximum atomic E-state index is 11.6. The summed E-state index contributed by atoms with van der Waals surface area (Å²) < 4.78 is 5.15. The molecule has 0 atom stereocenters. The highest BCUT2D eigenvalue weighted by Crippen LogP contribution is 2.40. The number of carbonyl (C=O) groups is 2. The van der Waals surface area contributed by atoms with Gasteiger partial charge in [0.05, 0.1) is 16.0 Å². The van der Waals surface area contributed by atoms with Crippen molar-refractivity contribution >= 4 is 23.9 Å². The number of phenols is 2. The molecule has 5 nitrogen and oxygen atoms in total. The zero-order chi connectivity index (χ0) is 21.5. The molecular formula is C22H29ClO5. The lowest BCUT2D eigenvalue weighted by Crippen LogP contribution is -2.22. The smallest absolute Gasteiger partial charge is 0.311 e. The molecule has 0 fully saturated rings. The second kappa shape index (κ2) is 10.3. The van der Waals surface area contributed by atoms with E-state index >= 15 is 0 Å². The van der Waals surface area contributed by atoms with Crippen molar-refractivity contribution in [1.82, 2.24) is 0 Å². The quantitative estimate of drug-likeness (QED) is 0.347. The molecule has 1 aromatic carbocycles. The van der Waals surface area contributed by atoms with Gasteiger partial charge in [-0.3, -0.25) is 9.59 Å². The predicted octanol–water partition coefficient (Wildman–Crippen LogP) is 5.29. The molecule has 0 heterocycles. The van der Waals surface area contributed by atoms with Crippen LogP contribution in [0.15, 0.2) is 23.8 Å². The van der Waals surface area contributed by atoms with Gasteiger partial charge in [-0.25, -0.2) is 0 Å². The zero-order valence-corrected chi connectivity index (χ0v) is 17.9. The fourth-order valence-electron chi connectivity index (χ4n) is 2.43. The lowest BCUT2D eigenvalue weighted by molar-refractivity contribution is -0.151. The first-order valence-electron chi connectivity index (χ1n) is 9.16. The number of esters is 1. The van der Waals surface area contributed by atoms with Gasteiger partial charge in [0.2, 0.25) is 0 Å². The monoisotopic (exact) mass is 408 g/mol. The molecule has 0 radical (unpaired) electrons. The fourth-order valence-corrected chi connectivity index (χ4v) is 2.65. The van der Waals surface area contributed by atoms with Gasteiger partial charge >= 0.3 is 5.97 Å². The highest BCUT2D eigenvalue weighted by molar-refractivity contribution is 6.33. The molecule has 0 unspecified atom stereocenters. The van der Waals surface area contributed by atoms with Gasteiger partial charge in [0.25, 0.3) is 0 Å². The summed E-state index contributed by atoms with van der Waals surface area (Å²) in [7, 11) is 0. The Bertz CT molecular complexity index is 785. The number of ether oxygens (including phenoxy) is 1. The van der Waals surface area contributed by atoms with Crippen LogP contribution in [0.2, 0.25) is 5.02 Å². The van der Waals surface area contributed by atoms with Crippen molar-refractivity contribution in [1.29, 1.82) is 0 Å². The number of aldehydes is 1. The van der Waals surface area contributed by atoms with Crippen LogP contribution in [0, 0.1) is 12.3 Å². The minimum atomic E-state index is -0.507. The fraction of sp³-hybridized carbons (Fsp3) is 0.455. The van der Waals surface area contributed by atoms with Crippen molar-refractivity contribution in [3.05, 3.63) is 45.5 Å². The molecule has 6 heteroatoms. The number of allylic oxidation sites excluding steroid dienone is 3. The Kier molecular flexibility index (Phi) is 8.76. The Labute approximate surface area is 171 Å². The van der Waals surface area contributed by atoms with Gasteiger partial charge in [-0.2, -0.15) is 0 Å². The van der Waals surface area contributed by atoms with E-state index in [2.05, 4.69) is 0 Å². The summed E-state index contributed by atoms with van der Waals surface area (Å²) >= 11 is 6.05. The minimum absolute atomic E-state index is 0.0775. The molecule has 0 saturated carbocycles. The van der Waals surface area contributed by atoms with E-state index in [9.17, 15) is 19.8 Å². The van der Waals surface area contributed by atoms with Crippen LogP contribution in [-0.2, 0) is 16.0 Å². The third kappa shape index (κ3) is 6.41. The molecule has 2 N–H and O–H groups in total. The largest absolute Gasteiger partial charge is 0.507 e. The van der Waals surface area contributed by atoms with Crippen LogP contribution < -0.4 is 0 Å². The summed E-state index contributed by atoms with van der Waals surface area (Å²) in [6.07, 6.45) is 7.96. The molecule has 0 saturated heterocycles. The maximum Gasteiger partial charge on any atom is 0.311 e. The number of carbonyl (C=O) groups excluding carboxylic acids is 2. The number of hydrogen-bond acceptors (Lipinski definition) is 5. The first kappa shape index (κ1) is 23.8. The molecular weight excluding hydrogens is 380 g/mol. The maximum absolute atomic E-state index is 11.6. The van der Waals surface area contributed by atoms with Crippen molar-refractivity contribution in [3.63, 3.8) is 0 Å². The van der Waals surface area contributed by atoms with Crippen molar-refractivity contribution in [2.24, 2.45) is 5.41 Å². The number of aromatic hydroxyl groups is 2. The van der Waals surface area contributed by atoms with Crippen molar-refractivity contribution in [3.8, 4) is 11.5 Å². The number of phenolic OH excluding ortho intramolecular Hbond substituents is 2. The average Bonchev–Trinajstić information content (AvgIpc) is 2.62. The van der Waals surface area contributed by atoms with Gasteiger partial charge in [0, 0.05) is 5.56 Å². The summed E-state index contributed by atoms with van der Waals surface area (Å²) in [6, 6.07) is 0. The van der Waals surface area contributed by atoms with Gasteiger partial charge in [-0.1, -0.05) is 35.4 Å². The van der Waals surface area contributed by atoms with E-state index in [0.717, 1.165) is 18.4 Å². The topological polar surface area (TPSA) is 83.8 Å². The summed E-state index contributed by atoms with van der Waals surface area (Å²) in [5.74, 6) is -0.676. The lowest BCUT2D eigenvalue weighted by Gasteiger charge is -2.15. The van der Waals surface area contributed by atoms with E-state index in [1.54, 1.807) is 6.92 Å². The van der Waals surface area contributed by atoms with Crippen LogP contribution in [0.3, 0.4) is 0 Å². The van der Waals surface area contributed by atoms with Crippen molar-refractivity contribution in [2.45, 2.75) is 53.9 Å². The van der Waals surface area contributed by atoms with Crippen LogP contribution in [-0.4, -0.2) is 29.1 Å². The lowest BCUT2D eigenvalue weighted by atomic mass is 9.97. The SMILES string of the molecule is CC(=CCc1c(O)c(Cl)c(C)c(C=O)c1O)CCC=CCOC(=O)C(C)(C)C. The van der Waals surface area contributed by atoms with Crippen LogP contribution in [0.4, 0.5) is 0 Å². The standard InChI is InChI=1S/C22H29ClO5/c1-14(9-7-6-8-12-28-21(27)22(3,4)5)10-11-16-19(25)17(13-24)15(2)18(23)20(16)26/h6,8,10,13,25-26H,7,9,11-12H2,1-5H3. The molecule has 0 aromatic heterocycles. The van der Waals surface area contributed by atoms with Gasteiger partial charge in [0.1, 0.15) is 18.1 Å². The van der Waals surface area contributed by atoms with Crippen LogP contribution >= 0.6 is 11.6 Å². The van der Waals surface area contributed by atoms with Crippen LogP contribution in [0.25, 0.3) is 0 Å². The minimum Gasteiger partial charge on any atom is -0.507 e. The van der Waals surface area contributed by atoms with Gasteiger partial charge in [0.15, 0.2) is 6.29 Å². The molecule has 28 heavy (non-hydrogen) atoms. The molecule has 0 aliphatic heterocycles. The van der Waals surface area contributed by atoms with Crippen molar-refractivity contribution in [2.75, 3.05) is 6.61 Å². The second-order valence-electron chi connectivity index (χ2n) is 7.76. The van der Waals surface area contributed by atoms with E-state index < -0.39 is 5.41 Å². The van der Waals surface area contributed by atoms with E-state index in [-0.39, 0.29) is 46.6 Å². The number of rotatable bonds is 8. The first-order chi connectivity index (χ1) is 13.0. The molecule has 0 aliphatic rings. The van der Waals surface area contributed by atoms with E-state index in [4.69, 9.17) is 16.3 Å². The van der Waals surface area contributed by atoms with E-state index in [0.29, 0.717) is 11.8 Å². The Morgan fingerprint density at radius 3 is 2.39 bits per heavy atom. The van der Waals surface area contributed by atoms with Gasteiger partial charge < -0.3 is 14.9 Å². The molecule has 0 bridgehead atoms. The Morgan fingerprint density at radius 2 is 1.82 bits per heavy atom. The molecule has 1 rings (SSSR count). The van der Waals surface area contributed by atoms with Gasteiger partial charge in [-0.05, 0) is 59.4 Å². The highest BCUT2D eigenvalue weighted by atomic mass is 35.5. The predicted molar refractivity (Wildman–Crippen MR) is 111 cm³/mol. The Balaban J connectivity index is 2.63. The second-order valence-corrected chi connectivity index (χ2v) is 8.14. The molecule has 0 spiro atoms. The van der Waals surface area contributed by atoms with Crippen molar-refractivity contribution < 1.29 is 24.5 Å². The first-order valence-corrected chi connectivity index (χ1v) is 9.54. The Hall–Kier alpha value is -2.27. The normalized spacial score (nSPS) is 12.4. The van der Waals surface area contributed by atoms with E-state index in [1.807, 2.05) is 45.9 Å².